The van der Waals surface area contributed by atoms with Crippen LogP contribution in [0.3, 0.4) is 0 Å². The van der Waals surface area contributed by atoms with Crippen LogP contribution in [0.4, 0.5) is 0 Å². The fourth-order valence-corrected chi connectivity index (χ4v) is 2.93. The van der Waals surface area contributed by atoms with Crippen LogP contribution in [-0.4, -0.2) is 48.9 Å². The zero-order valence-electron chi connectivity index (χ0n) is 13.1. The molecule has 0 spiro atoms. The summed E-state index contributed by atoms with van der Waals surface area (Å²) in [5, 5.41) is 8.53. The van der Waals surface area contributed by atoms with E-state index in [0.29, 0.717) is 19.4 Å². The first-order valence-corrected chi connectivity index (χ1v) is 8.00. The van der Waals surface area contributed by atoms with Crippen LogP contribution in [0.1, 0.15) is 51.9 Å². The van der Waals surface area contributed by atoms with Crippen molar-refractivity contribution in [3.8, 4) is 6.07 Å². The molecule has 1 saturated heterocycles. The van der Waals surface area contributed by atoms with Crippen molar-refractivity contribution in [2.45, 2.75) is 51.9 Å². The number of carbonyl (C=O) groups is 1. The van der Waals surface area contributed by atoms with Gasteiger partial charge in [0.1, 0.15) is 0 Å². The molecule has 1 amide bonds. The fourth-order valence-electron chi connectivity index (χ4n) is 2.93. The Kier molecular flexibility index (Phi) is 8.29. The van der Waals surface area contributed by atoms with E-state index in [4.69, 9.17) is 5.26 Å². The van der Waals surface area contributed by atoms with Gasteiger partial charge in [-0.2, -0.15) is 5.26 Å². The molecule has 0 bridgehead atoms. The summed E-state index contributed by atoms with van der Waals surface area (Å²) in [4.78, 5) is 16.1. The largest absolute Gasteiger partial charge is 0.345 e. The van der Waals surface area contributed by atoms with Crippen molar-refractivity contribution in [1.82, 2.24) is 9.80 Å². The molecule has 1 atom stereocenters. The SMILES string of the molecule is CCCC1CCCN(CCC(=O)N(C)CCC#N)CC1. The third kappa shape index (κ3) is 6.38. The van der Waals surface area contributed by atoms with Crippen molar-refractivity contribution < 1.29 is 4.79 Å². The van der Waals surface area contributed by atoms with E-state index in [1.165, 1.54) is 32.1 Å². The fraction of sp³-hybridized carbons (Fsp3) is 0.875. The number of carbonyl (C=O) groups excluding carboxylic acids is 1. The van der Waals surface area contributed by atoms with E-state index in [9.17, 15) is 4.79 Å². The van der Waals surface area contributed by atoms with Crippen molar-refractivity contribution >= 4 is 5.91 Å². The minimum Gasteiger partial charge on any atom is -0.345 e. The maximum Gasteiger partial charge on any atom is 0.223 e. The molecule has 114 valence electrons. The molecule has 1 rings (SSSR count). The Morgan fingerprint density at radius 3 is 2.90 bits per heavy atom. The number of nitrogens with zero attached hydrogens (tertiary/aromatic N) is 3. The summed E-state index contributed by atoms with van der Waals surface area (Å²) in [7, 11) is 1.79. The molecule has 0 N–H and O–H groups in total. The minimum absolute atomic E-state index is 0.162. The second-order valence-electron chi connectivity index (χ2n) is 5.90. The van der Waals surface area contributed by atoms with Gasteiger partial charge in [-0.25, -0.2) is 0 Å². The minimum atomic E-state index is 0.162. The molecule has 20 heavy (non-hydrogen) atoms. The number of nitriles is 1. The number of hydrogen-bond donors (Lipinski definition) is 0. The standard InChI is InChI=1S/C16H29N3O/c1-3-6-15-7-4-12-19(13-8-15)14-9-16(20)18(2)11-5-10-17/h15H,3-9,11-14H2,1-2H3. The molecule has 1 unspecified atom stereocenters. The Morgan fingerprint density at radius 2 is 2.20 bits per heavy atom. The van der Waals surface area contributed by atoms with Gasteiger partial charge in [-0.05, 0) is 38.3 Å². The van der Waals surface area contributed by atoms with Gasteiger partial charge in [-0.1, -0.05) is 19.8 Å². The van der Waals surface area contributed by atoms with Crippen LogP contribution in [0, 0.1) is 17.2 Å². The zero-order chi connectivity index (χ0) is 14.8. The molecular weight excluding hydrogens is 250 g/mol. The summed E-state index contributed by atoms with van der Waals surface area (Å²) in [6.07, 6.45) is 7.54. The summed E-state index contributed by atoms with van der Waals surface area (Å²) in [5.74, 6) is 1.05. The normalized spacial score (nSPS) is 20.1. The first-order chi connectivity index (χ1) is 9.67. The average Bonchev–Trinajstić information content (AvgIpc) is 2.68. The average molecular weight is 279 g/mol. The first-order valence-electron chi connectivity index (χ1n) is 8.00. The second-order valence-corrected chi connectivity index (χ2v) is 5.90. The molecule has 1 aliphatic rings. The molecular formula is C16H29N3O. The Morgan fingerprint density at radius 1 is 1.40 bits per heavy atom. The van der Waals surface area contributed by atoms with E-state index in [-0.39, 0.29) is 5.91 Å². The maximum absolute atomic E-state index is 11.9. The number of rotatable bonds is 7. The summed E-state index contributed by atoms with van der Waals surface area (Å²) in [6.45, 7) is 5.95. The molecule has 1 heterocycles. The topological polar surface area (TPSA) is 47.3 Å². The van der Waals surface area contributed by atoms with Gasteiger partial charge in [0.25, 0.3) is 0 Å². The van der Waals surface area contributed by atoms with Gasteiger partial charge in [-0.3, -0.25) is 4.79 Å². The Hall–Kier alpha value is -1.08. The highest BCUT2D eigenvalue weighted by molar-refractivity contribution is 5.76. The molecule has 0 aromatic rings. The molecule has 4 heteroatoms. The van der Waals surface area contributed by atoms with Crippen LogP contribution in [0.2, 0.25) is 0 Å². The van der Waals surface area contributed by atoms with E-state index in [1.54, 1.807) is 11.9 Å². The monoisotopic (exact) mass is 279 g/mol. The predicted octanol–water partition coefficient (Wildman–Crippen LogP) is 2.65. The van der Waals surface area contributed by atoms with E-state index < -0.39 is 0 Å². The van der Waals surface area contributed by atoms with Crippen molar-refractivity contribution in [2.75, 3.05) is 33.2 Å². The molecule has 4 nitrogen and oxygen atoms in total. The zero-order valence-corrected chi connectivity index (χ0v) is 13.1. The quantitative estimate of drug-likeness (QED) is 0.720. The molecule has 0 aliphatic carbocycles. The van der Waals surface area contributed by atoms with Crippen LogP contribution < -0.4 is 0 Å². The van der Waals surface area contributed by atoms with Gasteiger partial charge in [0, 0.05) is 26.6 Å². The summed E-state index contributed by atoms with van der Waals surface area (Å²) in [6, 6.07) is 2.08. The molecule has 0 radical (unpaired) electrons. The lowest BCUT2D eigenvalue weighted by Gasteiger charge is -2.22. The van der Waals surface area contributed by atoms with E-state index in [2.05, 4.69) is 17.9 Å². The van der Waals surface area contributed by atoms with Gasteiger partial charge >= 0.3 is 0 Å². The second kappa shape index (κ2) is 9.77. The Balaban J connectivity index is 2.24. The lowest BCUT2D eigenvalue weighted by atomic mass is 9.96. The van der Waals surface area contributed by atoms with Crippen molar-refractivity contribution in [3.05, 3.63) is 0 Å². The number of likely N-dealkylation sites (tertiary alicyclic amines) is 1. The summed E-state index contributed by atoms with van der Waals surface area (Å²) in [5.41, 5.74) is 0. The van der Waals surface area contributed by atoms with Gasteiger partial charge in [0.05, 0.1) is 12.5 Å². The molecule has 0 aromatic heterocycles. The van der Waals surface area contributed by atoms with Crippen LogP contribution in [0.25, 0.3) is 0 Å². The number of amides is 1. The molecule has 1 aliphatic heterocycles. The van der Waals surface area contributed by atoms with Crippen LogP contribution >= 0.6 is 0 Å². The van der Waals surface area contributed by atoms with E-state index >= 15 is 0 Å². The van der Waals surface area contributed by atoms with Crippen LogP contribution in [-0.2, 0) is 4.79 Å². The number of hydrogen-bond acceptors (Lipinski definition) is 3. The smallest absolute Gasteiger partial charge is 0.223 e. The lowest BCUT2D eigenvalue weighted by Crippen LogP contribution is -2.33. The van der Waals surface area contributed by atoms with Gasteiger partial charge in [0.2, 0.25) is 5.91 Å². The molecule has 1 fully saturated rings. The van der Waals surface area contributed by atoms with Crippen molar-refractivity contribution in [1.29, 1.82) is 5.26 Å². The van der Waals surface area contributed by atoms with Gasteiger partial charge < -0.3 is 9.80 Å². The highest BCUT2D eigenvalue weighted by Gasteiger charge is 2.17. The molecule has 0 aromatic carbocycles. The third-order valence-corrected chi connectivity index (χ3v) is 4.26. The summed E-state index contributed by atoms with van der Waals surface area (Å²) < 4.78 is 0. The highest BCUT2D eigenvalue weighted by atomic mass is 16.2. The predicted molar refractivity (Wildman–Crippen MR) is 81.2 cm³/mol. The summed E-state index contributed by atoms with van der Waals surface area (Å²) >= 11 is 0. The Labute approximate surface area is 123 Å². The highest BCUT2D eigenvalue weighted by Crippen LogP contribution is 2.21. The van der Waals surface area contributed by atoms with E-state index in [1.807, 2.05) is 0 Å². The Bertz CT molecular complexity index is 324. The maximum atomic E-state index is 11.9. The molecule has 0 saturated carbocycles. The lowest BCUT2D eigenvalue weighted by molar-refractivity contribution is -0.130. The van der Waals surface area contributed by atoms with Crippen molar-refractivity contribution in [3.63, 3.8) is 0 Å². The van der Waals surface area contributed by atoms with Crippen LogP contribution in [0.15, 0.2) is 0 Å². The van der Waals surface area contributed by atoms with Gasteiger partial charge in [-0.15, -0.1) is 0 Å². The first kappa shape index (κ1) is 17.0. The third-order valence-electron chi connectivity index (χ3n) is 4.26. The van der Waals surface area contributed by atoms with Gasteiger partial charge in [0.15, 0.2) is 0 Å². The van der Waals surface area contributed by atoms with Crippen LogP contribution in [0.5, 0.6) is 0 Å². The van der Waals surface area contributed by atoms with E-state index in [0.717, 1.165) is 25.6 Å². The van der Waals surface area contributed by atoms with Crippen molar-refractivity contribution in [2.24, 2.45) is 5.92 Å².